The highest BCUT2D eigenvalue weighted by Crippen LogP contribution is 2.20. The first-order valence-corrected chi connectivity index (χ1v) is 6.29. The van der Waals surface area contributed by atoms with Crippen molar-refractivity contribution in [1.82, 2.24) is 4.90 Å². The highest BCUT2D eigenvalue weighted by atomic mass is 16.5. The first kappa shape index (κ1) is 13.1. The number of hydrogen-bond acceptors (Lipinski definition) is 4. The number of carbonyl (C=O) groups excluding carboxylic acids is 1. The highest BCUT2D eigenvalue weighted by Gasteiger charge is 2.38. The van der Waals surface area contributed by atoms with E-state index in [-0.39, 0.29) is 5.97 Å². The lowest BCUT2D eigenvalue weighted by molar-refractivity contribution is -0.153. The van der Waals surface area contributed by atoms with Gasteiger partial charge in [-0.05, 0) is 25.5 Å². The topological polar surface area (TPSA) is 55.6 Å². The van der Waals surface area contributed by atoms with Gasteiger partial charge in [0.1, 0.15) is 12.1 Å². The largest absolute Gasteiger partial charge is 0.459 e. The summed E-state index contributed by atoms with van der Waals surface area (Å²) in [5.74, 6) is -0.278. The van der Waals surface area contributed by atoms with Gasteiger partial charge in [-0.15, -0.1) is 0 Å². The molecule has 0 saturated carbocycles. The average Bonchev–Trinajstić information content (AvgIpc) is 2.41. The smallest absolute Gasteiger partial charge is 0.326 e. The van der Waals surface area contributed by atoms with Gasteiger partial charge in [0.2, 0.25) is 0 Å². The zero-order valence-corrected chi connectivity index (χ0v) is 10.8. The van der Waals surface area contributed by atoms with Gasteiger partial charge < -0.3 is 15.4 Å². The Labute approximate surface area is 108 Å². The Balaban J connectivity index is 1.88. The van der Waals surface area contributed by atoms with E-state index in [0.717, 1.165) is 18.7 Å². The maximum Gasteiger partial charge on any atom is 0.326 e. The van der Waals surface area contributed by atoms with Crippen LogP contribution in [0, 0.1) is 0 Å². The number of piperidine rings is 1. The second-order valence-corrected chi connectivity index (χ2v) is 5.02. The Morgan fingerprint density at radius 1 is 1.33 bits per heavy atom. The molecule has 0 aromatic heterocycles. The lowest BCUT2D eigenvalue weighted by Crippen LogP contribution is -2.55. The molecule has 2 N–H and O–H groups in total. The minimum absolute atomic E-state index is 0.278. The van der Waals surface area contributed by atoms with Crippen molar-refractivity contribution in [2.45, 2.75) is 25.0 Å². The van der Waals surface area contributed by atoms with Gasteiger partial charge in [-0.2, -0.15) is 0 Å². The molecule has 1 aliphatic rings. The summed E-state index contributed by atoms with van der Waals surface area (Å²) in [5, 5.41) is 0. The second-order valence-electron chi connectivity index (χ2n) is 5.02. The minimum atomic E-state index is -0.804. The van der Waals surface area contributed by atoms with Crippen LogP contribution in [0.15, 0.2) is 30.3 Å². The molecule has 0 aliphatic carbocycles. The van der Waals surface area contributed by atoms with E-state index in [1.54, 1.807) is 0 Å². The van der Waals surface area contributed by atoms with Gasteiger partial charge >= 0.3 is 5.97 Å². The van der Waals surface area contributed by atoms with E-state index in [9.17, 15) is 4.79 Å². The molecule has 1 aromatic rings. The summed E-state index contributed by atoms with van der Waals surface area (Å²) < 4.78 is 5.32. The van der Waals surface area contributed by atoms with Crippen molar-refractivity contribution in [1.29, 1.82) is 0 Å². The summed E-state index contributed by atoms with van der Waals surface area (Å²) in [6.07, 6.45) is 1.33. The molecule has 0 radical (unpaired) electrons. The number of carbonyl (C=O) groups is 1. The Bertz CT molecular complexity index is 398. The normalized spacial score (nSPS) is 19.4. The van der Waals surface area contributed by atoms with Crippen LogP contribution in [-0.2, 0) is 16.1 Å². The van der Waals surface area contributed by atoms with Gasteiger partial charge in [0, 0.05) is 13.1 Å². The van der Waals surface area contributed by atoms with Gasteiger partial charge in [-0.3, -0.25) is 4.79 Å². The Morgan fingerprint density at radius 2 is 1.94 bits per heavy atom. The summed E-state index contributed by atoms with van der Waals surface area (Å²) in [7, 11) is 2.04. The molecule has 1 heterocycles. The predicted molar refractivity (Wildman–Crippen MR) is 69.9 cm³/mol. The van der Waals surface area contributed by atoms with E-state index >= 15 is 0 Å². The Hall–Kier alpha value is -1.39. The molecule has 98 valence electrons. The number of esters is 1. The predicted octanol–water partition coefficient (Wildman–Crippen LogP) is 1.15. The zero-order chi connectivity index (χ0) is 13.0. The van der Waals surface area contributed by atoms with Crippen LogP contribution < -0.4 is 5.73 Å². The first-order valence-electron chi connectivity index (χ1n) is 6.29. The van der Waals surface area contributed by atoms with Crippen LogP contribution >= 0.6 is 0 Å². The van der Waals surface area contributed by atoms with Crippen LogP contribution in [0.25, 0.3) is 0 Å². The summed E-state index contributed by atoms with van der Waals surface area (Å²) in [4.78, 5) is 14.2. The van der Waals surface area contributed by atoms with Crippen molar-refractivity contribution in [3.05, 3.63) is 35.9 Å². The van der Waals surface area contributed by atoms with Crippen molar-refractivity contribution in [2.75, 3.05) is 20.1 Å². The van der Waals surface area contributed by atoms with Gasteiger partial charge in [0.15, 0.2) is 0 Å². The molecule has 2 rings (SSSR count). The summed E-state index contributed by atoms with van der Waals surface area (Å²) in [6.45, 7) is 1.99. The van der Waals surface area contributed by atoms with Gasteiger partial charge in [-0.25, -0.2) is 0 Å². The molecule has 0 atom stereocenters. The maximum atomic E-state index is 12.0. The standard InChI is InChI=1S/C14H20N2O2/c1-16-9-7-14(15,8-10-16)13(17)18-11-12-5-3-2-4-6-12/h2-6H,7-11,15H2,1H3. The molecule has 1 saturated heterocycles. The van der Waals surface area contributed by atoms with Crippen molar-refractivity contribution in [2.24, 2.45) is 5.73 Å². The molecule has 0 unspecified atom stereocenters. The van der Waals surface area contributed by atoms with E-state index in [4.69, 9.17) is 10.5 Å². The molecule has 0 bridgehead atoms. The van der Waals surface area contributed by atoms with Crippen LogP contribution in [0.3, 0.4) is 0 Å². The van der Waals surface area contributed by atoms with Crippen LogP contribution in [0.2, 0.25) is 0 Å². The van der Waals surface area contributed by atoms with E-state index in [1.165, 1.54) is 0 Å². The molecule has 18 heavy (non-hydrogen) atoms. The third-order valence-corrected chi connectivity index (χ3v) is 3.50. The minimum Gasteiger partial charge on any atom is -0.459 e. The Morgan fingerprint density at radius 3 is 2.56 bits per heavy atom. The van der Waals surface area contributed by atoms with E-state index in [0.29, 0.717) is 19.4 Å². The van der Waals surface area contributed by atoms with Crippen LogP contribution in [0.5, 0.6) is 0 Å². The Kier molecular flexibility index (Phi) is 3.99. The van der Waals surface area contributed by atoms with Gasteiger partial charge in [0.25, 0.3) is 0 Å². The summed E-state index contributed by atoms with van der Waals surface area (Å²) >= 11 is 0. The summed E-state index contributed by atoms with van der Waals surface area (Å²) in [6, 6.07) is 9.66. The maximum absolute atomic E-state index is 12.0. The van der Waals surface area contributed by atoms with Gasteiger partial charge in [0.05, 0.1) is 0 Å². The second kappa shape index (κ2) is 5.50. The number of nitrogens with zero attached hydrogens (tertiary/aromatic N) is 1. The fourth-order valence-electron chi connectivity index (χ4n) is 2.09. The number of nitrogens with two attached hydrogens (primary N) is 1. The first-order chi connectivity index (χ1) is 8.60. The summed E-state index contributed by atoms with van der Waals surface area (Å²) in [5.41, 5.74) is 6.31. The third kappa shape index (κ3) is 3.09. The van der Waals surface area contributed by atoms with Crippen molar-refractivity contribution >= 4 is 5.97 Å². The quantitative estimate of drug-likeness (QED) is 0.815. The third-order valence-electron chi connectivity index (χ3n) is 3.50. The molecule has 1 fully saturated rings. The molecule has 4 nitrogen and oxygen atoms in total. The van der Waals surface area contributed by atoms with E-state index in [2.05, 4.69) is 4.90 Å². The molecule has 0 spiro atoms. The molecule has 0 amide bonds. The molecule has 4 heteroatoms. The number of likely N-dealkylation sites (tertiary alicyclic amines) is 1. The lowest BCUT2D eigenvalue weighted by atomic mass is 9.89. The number of rotatable bonds is 3. The molecular weight excluding hydrogens is 228 g/mol. The van der Waals surface area contributed by atoms with Crippen molar-refractivity contribution in [3.63, 3.8) is 0 Å². The fourth-order valence-corrected chi connectivity index (χ4v) is 2.09. The fraction of sp³-hybridized carbons (Fsp3) is 0.500. The zero-order valence-electron chi connectivity index (χ0n) is 10.8. The molecule has 1 aromatic carbocycles. The van der Waals surface area contributed by atoms with E-state index < -0.39 is 5.54 Å². The average molecular weight is 248 g/mol. The van der Waals surface area contributed by atoms with Crippen LogP contribution in [-0.4, -0.2) is 36.5 Å². The number of hydrogen-bond donors (Lipinski definition) is 1. The molecule has 1 aliphatic heterocycles. The highest BCUT2D eigenvalue weighted by molar-refractivity contribution is 5.80. The number of benzene rings is 1. The molecular formula is C14H20N2O2. The van der Waals surface area contributed by atoms with Crippen molar-refractivity contribution in [3.8, 4) is 0 Å². The van der Waals surface area contributed by atoms with E-state index in [1.807, 2.05) is 37.4 Å². The van der Waals surface area contributed by atoms with Gasteiger partial charge in [-0.1, -0.05) is 30.3 Å². The monoisotopic (exact) mass is 248 g/mol. The van der Waals surface area contributed by atoms with Crippen molar-refractivity contribution < 1.29 is 9.53 Å². The SMILES string of the molecule is CN1CCC(N)(C(=O)OCc2ccccc2)CC1. The number of ether oxygens (including phenoxy) is 1. The van der Waals surface area contributed by atoms with Crippen LogP contribution in [0.4, 0.5) is 0 Å². The lowest BCUT2D eigenvalue weighted by Gasteiger charge is -2.35. The van der Waals surface area contributed by atoms with Crippen LogP contribution in [0.1, 0.15) is 18.4 Å².